The molecule has 2 aromatic rings. The Balaban J connectivity index is 2.53. The Morgan fingerprint density at radius 2 is 2.14 bits per heavy atom. The standard InChI is InChI=1S/C9H7ClN4/c1-6-12-9(10)8(14-13-6)7-3-2-4-11-5-7/h2-5H,1H3. The van der Waals surface area contributed by atoms with Crippen LogP contribution in [0.1, 0.15) is 5.82 Å². The van der Waals surface area contributed by atoms with E-state index in [4.69, 9.17) is 11.6 Å². The number of aryl methyl sites for hydroxylation is 1. The maximum atomic E-state index is 5.92. The number of hydrogen-bond donors (Lipinski definition) is 0. The molecule has 14 heavy (non-hydrogen) atoms. The minimum absolute atomic E-state index is 0.352. The number of pyridine rings is 1. The molecule has 0 spiro atoms. The molecule has 0 N–H and O–H groups in total. The van der Waals surface area contributed by atoms with Gasteiger partial charge in [-0.3, -0.25) is 4.98 Å². The number of aromatic nitrogens is 4. The van der Waals surface area contributed by atoms with Gasteiger partial charge in [0.25, 0.3) is 0 Å². The third-order valence-electron chi connectivity index (χ3n) is 1.69. The molecule has 0 atom stereocenters. The van der Waals surface area contributed by atoms with Gasteiger partial charge in [0.15, 0.2) is 5.15 Å². The Labute approximate surface area is 86.0 Å². The van der Waals surface area contributed by atoms with Gasteiger partial charge in [-0.15, -0.1) is 10.2 Å². The van der Waals surface area contributed by atoms with E-state index >= 15 is 0 Å². The smallest absolute Gasteiger partial charge is 0.159 e. The molecule has 0 aliphatic carbocycles. The van der Waals surface area contributed by atoms with Crippen molar-refractivity contribution in [3.05, 3.63) is 35.5 Å². The number of halogens is 1. The molecule has 4 nitrogen and oxygen atoms in total. The summed E-state index contributed by atoms with van der Waals surface area (Å²) in [5, 5.41) is 8.16. The van der Waals surface area contributed by atoms with Crippen LogP contribution < -0.4 is 0 Å². The van der Waals surface area contributed by atoms with Gasteiger partial charge in [0.05, 0.1) is 0 Å². The second-order valence-corrected chi connectivity index (χ2v) is 3.10. The Morgan fingerprint density at radius 3 is 2.79 bits per heavy atom. The molecule has 2 heterocycles. The van der Waals surface area contributed by atoms with Crippen molar-refractivity contribution in [2.24, 2.45) is 0 Å². The van der Waals surface area contributed by atoms with Crippen molar-refractivity contribution in [3.63, 3.8) is 0 Å². The summed E-state index contributed by atoms with van der Waals surface area (Å²) in [6.07, 6.45) is 3.36. The van der Waals surface area contributed by atoms with Gasteiger partial charge in [-0.05, 0) is 19.1 Å². The molecular formula is C9H7ClN4. The molecule has 0 bridgehead atoms. The summed E-state index contributed by atoms with van der Waals surface area (Å²) in [4.78, 5) is 7.98. The lowest BCUT2D eigenvalue weighted by atomic mass is 10.2. The van der Waals surface area contributed by atoms with Gasteiger partial charge in [-0.1, -0.05) is 11.6 Å². The SMILES string of the molecule is Cc1nnc(-c2cccnc2)c(Cl)n1. The van der Waals surface area contributed by atoms with Crippen molar-refractivity contribution in [1.29, 1.82) is 0 Å². The molecule has 0 aliphatic heterocycles. The average molecular weight is 207 g/mol. The van der Waals surface area contributed by atoms with Gasteiger partial charge in [0.1, 0.15) is 11.5 Å². The van der Waals surface area contributed by atoms with Gasteiger partial charge < -0.3 is 0 Å². The van der Waals surface area contributed by atoms with Crippen molar-refractivity contribution in [1.82, 2.24) is 20.2 Å². The van der Waals surface area contributed by atoms with Gasteiger partial charge in [-0.2, -0.15) is 0 Å². The minimum atomic E-state index is 0.352. The first-order chi connectivity index (χ1) is 6.77. The molecule has 0 saturated carbocycles. The number of nitrogens with zero attached hydrogens (tertiary/aromatic N) is 4. The van der Waals surface area contributed by atoms with Crippen molar-refractivity contribution >= 4 is 11.6 Å². The molecule has 0 fully saturated rings. The molecule has 70 valence electrons. The summed E-state index contributed by atoms with van der Waals surface area (Å²) in [6.45, 7) is 1.74. The van der Waals surface area contributed by atoms with Crippen LogP contribution in [-0.2, 0) is 0 Å². The lowest BCUT2D eigenvalue weighted by Crippen LogP contribution is -1.96. The topological polar surface area (TPSA) is 51.6 Å². The molecule has 0 aliphatic rings. The van der Waals surface area contributed by atoms with Crippen LogP contribution in [0.15, 0.2) is 24.5 Å². The van der Waals surface area contributed by atoms with Crippen LogP contribution in [0.4, 0.5) is 0 Å². The second-order valence-electron chi connectivity index (χ2n) is 2.74. The van der Waals surface area contributed by atoms with E-state index in [1.165, 1.54) is 0 Å². The molecule has 0 unspecified atom stereocenters. The predicted molar refractivity (Wildman–Crippen MR) is 52.8 cm³/mol. The van der Waals surface area contributed by atoms with E-state index in [2.05, 4.69) is 20.2 Å². The van der Waals surface area contributed by atoms with Gasteiger partial charge in [-0.25, -0.2) is 4.98 Å². The van der Waals surface area contributed by atoms with Crippen LogP contribution in [-0.4, -0.2) is 20.2 Å². The van der Waals surface area contributed by atoms with Crippen LogP contribution in [0, 0.1) is 6.92 Å². The van der Waals surface area contributed by atoms with E-state index in [1.54, 1.807) is 19.3 Å². The fourth-order valence-electron chi connectivity index (χ4n) is 1.06. The maximum Gasteiger partial charge on any atom is 0.159 e. The van der Waals surface area contributed by atoms with Crippen LogP contribution in [0.2, 0.25) is 5.15 Å². The van der Waals surface area contributed by atoms with Crippen LogP contribution >= 0.6 is 11.6 Å². The summed E-state index contributed by atoms with van der Waals surface area (Å²) in [6, 6.07) is 3.67. The zero-order valence-corrected chi connectivity index (χ0v) is 8.23. The molecule has 5 heteroatoms. The molecule has 0 amide bonds. The van der Waals surface area contributed by atoms with Crippen molar-refractivity contribution < 1.29 is 0 Å². The Morgan fingerprint density at radius 1 is 1.29 bits per heavy atom. The molecule has 0 radical (unpaired) electrons. The van der Waals surface area contributed by atoms with Crippen LogP contribution in [0.5, 0.6) is 0 Å². The van der Waals surface area contributed by atoms with Crippen molar-refractivity contribution in [2.45, 2.75) is 6.92 Å². The summed E-state index contributed by atoms with van der Waals surface area (Å²) < 4.78 is 0. The summed E-state index contributed by atoms with van der Waals surface area (Å²) in [7, 11) is 0. The van der Waals surface area contributed by atoms with E-state index in [0.717, 1.165) is 5.56 Å². The minimum Gasteiger partial charge on any atom is -0.264 e. The van der Waals surface area contributed by atoms with Crippen LogP contribution in [0.3, 0.4) is 0 Å². The third-order valence-corrected chi connectivity index (χ3v) is 1.95. The quantitative estimate of drug-likeness (QED) is 0.715. The van der Waals surface area contributed by atoms with E-state index in [9.17, 15) is 0 Å². The Bertz CT molecular complexity index is 444. The fraction of sp³-hybridized carbons (Fsp3) is 0.111. The first-order valence-electron chi connectivity index (χ1n) is 4.04. The van der Waals surface area contributed by atoms with E-state index < -0.39 is 0 Å². The molecule has 0 saturated heterocycles. The Kier molecular flexibility index (Phi) is 2.37. The fourth-order valence-corrected chi connectivity index (χ4v) is 1.33. The monoisotopic (exact) mass is 206 g/mol. The first kappa shape index (κ1) is 9.02. The second kappa shape index (κ2) is 3.67. The molecule has 0 aromatic carbocycles. The zero-order valence-electron chi connectivity index (χ0n) is 7.48. The maximum absolute atomic E-state index is 5.92. The van der Waals surface area contributed by atoms with Gasteiger partial charge >= 0.3 is 0 Å². The largest absolute Gasteiger partial charge is 0.264 e. The summed E-state index contributed by atoms with van der Waals surface area (Å²) >= 11 is 5.92. The lowest BCUT2D eigenvalue weighted by molar-refractivity contribution is 0.913. The third kappa shape index (κ3) is 1.70. The first-order valence-corrected chi connectivity index (χ1v) is 4.42. The van der Waals surface area contributed by atoms with E-state index in [-0.39, 0.29) is 0 Å². The Hall–Kier alpha value is -1.55. The molecule has 2 rings (SSSR count). The highest BCUT2D eigenvalue weighted by Gasteiger charge is 2.07. The summed E-state index contributed by atoms with van der Waals surface area (Å²) in [5.41, 5.74) is 1.38. The highest BCUT2D eigenvalue weighted by Crippen LogP contribution is 2.21. The predicted octanol–water partition coefficient (Wildman–Crippen LogP) is 1.90. The van der Waals surface area contributed by atoms with Crippen LogP contribution in [0.25, 0.3) is 11.3 Å². The van der Waals surface area contributed by atoms with Gasteiger partial charge in [0.2, 0.25) is 0 Å². The number of hydrogen-bond acceptors (Lipinski definition) is 4. The number of rotatable bonds is 1. The highest BCUT2D eigenvalue weighted by molar-refractivity contribution is 6.31. The van der Waals surface area contributed by atoms with E-state index in [1.807, 2.05) is 12.1 Å². The highest BCUT2D eigenvalue weighted by atomic mass is 35.5. The zero-order chi connectivity index (χ0) is 9.97. The van der Waals surface area contributed by atoms with Crippen molar-refractivity contribution in [2.75, 3.05) is 0 Å². The average Bonchev–Trinajstić information content (AvgIpc) is 2.19. The molecule has 2 aromatic heterocycles. The van der Waals surface area contributed by atoms with Gasteiger partial charge in [0, 0.05) is 18.0 Å². The summed E-state index contributed by atoms with van der Waals surface area (Å²) in [5.74, 6) is 0.558. The normalized spacial score (nSPS) is 10.1. The van der Waals surface area contributed by atoms with Crippen molar-refractivity contribution in [3.8, 4) is 11.3 Å². The lowest BCUT2D eigenvalue weighted by Gasteiger charge is -2.00. The molecular weight excluding hydrogens is 200 g/mol. The van der Waals surface area contributed by atoms with E-state index in [0.29, 0.717) is 16.7 Å².